The quantitative estimate of drug-likeness (QED) is 0.808. The second-order valence-electron chi connectivity index (χ2n) is 5.90. The van der Waals surface area contributed by atoms with Gasteiger partial charge < -0.3 is 10.6 Å². The average molecular weight is 278 g/mol. The molecule has 0 heterocycles. The van der Waals surface area contributed by atoms with Crippen molar-refractivity contribution < 1.29 is 18.0 Å². The van der Waals surface area contributed by atoms with E-state index in [1.807, 2.05) is 12.2 Å². The summed E-state index contributed by atoms with van der Waals surface area (Å²) in [5.41, 5.74) is 0. The molecule has 2 aliphatic rings. The molecule has 2 saturated carbocycles. The topological polar surface area (TPSA) is 41.1 Å². The van der Waals surface area contributed by atoms with Gasteiger partial charge in [0.25, 0.3) is 0 Å². The second kappa shape index (κ2) is 5.69. The zero-order chi connectivity index (χ0) is 14.0. The van der Waals surface area contributed by atoms with Gasteiger partial charge in [0, 0.05) is 6.04 Å². The minimum Gasteiger partial charge on any atom is -0.346 e. The zero-order valence-corrected chi connectivity index (χ0v) is 11.1. The average Bonchev–Trinajstić information content (AvgIpc) is 2.94. The summed E-state index contributed by atoms with van der Waals surface area (Å²) >= 11 is 0. The Morgan fingerprint density at radius 1 is 1.32 bits per heavy atom. The van der Waals surface area contributed by atoms with Crippen molar-refractivity contribution in [1.29, 1.82) is 0 Å². The Morgan fingerprint density at radius 2 is 2.05 bits per heavy atom. The molecule has 19 heavy (non-hydrogen) atoms. The van der Waals surface area contributed by atoms with Crippen molar-refractivity contribution in [2.24, 2.45) is 17.8 Å². The Kier molecular flexibility index (Phi) is 4.38. The number of nitrogens with one attached hydrogen (secondary N) is 2. The van der Waals surface area contributed by atoms with Crippen LogP contribution in [0.25, 0.3) is 0 Å². The van der Waals surface area contributed by atoms with E-state index in [1.165, 1.54) is 25.7 Å². The smallest absolute Gasteiger partial charge is 0.346 e. The van der Waals surface area contributed by atoms with Gasteiger partial charge in [0.1, 0.15) is 6.54 Å². The lowest BCUT2D eigenvalue weighted by molar-refractivity contribution is -0.138. The zero-order valence-electron chi connectivity index (χ0n) is 11.1. The van der Waals surface area contributed by atoms with Crippen molar-refractivity contribution in [3.05, 3.63) is 0 Å². The second-order valence-corrected chi connectivity index (χ2v) is 5.90. The van der Waals surface area contributed by atoms with E-state index in [0.717, 1.165) is 11.8 Å². The summed E-state index contributed by atoms with van der Waals surface area (Å²) in [6.07, 6.45) is 0.730. The van der Waals surface area contributed by atoms with E-state index >= 15 is 0 Å². The highest BCUT2D eigenvalue weighted by Gasteiger charge is 2.41. The van der Waals surface area contributed by atoms with Gasteiger partial charge in [-0.15, -0.1) is 0 Å². The van der Waals surface area contributed by atoms with Gasteiger partial charge in [-0.3, -0.25) is 4.79 Å². The highest BCUT2D eigenvalue weighted by molar-refractivity contribution is 5.78. The highest BCUT2D eigenvalue weighted by atomic mass is 19.4. The lowest BCUT2D eigenvalue weighted by atomic mass is 9.84. The first kappa shape index (κ1) is 14.6. The van der Waals surface area contributed by atoms with Gasteiger partial charge in [0.2, 0.25) is 5.91 Å². The van der Waals surface area contributed by atoms with Crippen LogP contribution in [-0.4, -0.2) is 31.2 Å². The lowest BCUT2D eigenvalue weighted by Gasteiger charge is -2.28. The van der Waals surface area contributed by atoms with Crippen molar-refractivity contribution in [1.82, 2.24) is 10.6 Å². The van der Waals surface area contributed by atoms with Crippen molar-refractivity contribution in [2.75, 3.05) is 13.1 Å². The molecule has 6 heteroatoms. The van der Waals surface area contributed by atoms with E-state index < -0.39 is 18.6 Å². The van der Waals surface area contributed by atoms with Gasteiger partial charge in [-0.05, 0) is 43.9 Å². The van der Waals surface area contributed by atoms with Crippen LogP contribution in [0.15, 0.2) is 0 Å². The standard InChI is InChI=1S/C13H21F3N2O/c1-8(11-5-9-2-3-10(11)4-9)17-6-12(19)18-7-13(14,15)16/h8-11,17H,2-7H2,1H3,(H,18,19). The fourth-order valence-corrected chi connectivity index (χ4v) is 3.57. The largest absolute Gasteiger partial charge is 0.405 e. The summed E-state index contributed by atoms with van der Waals surface area (Å²) < 4.78 is 35.8. The SMILES string of the molecule is CC(NCC(=O)NCC(F)(F)F)C1CC2CCC1C2. The van der Waals surface area contributed by atoms with Crippen LogP contribution in [-0.2, 0) is 4.79 Å². The summed E-state index contributed by atoms with van der Waals surface area (Å²) in [6.45, 7) is 0.740. The molecule has 3 nitrogen and oxygen atoms in total. The van der Waals surface area contributed by atoms with Gasteiger partial charge in [0.05, 0.1) is 6.54 Å². The first-order chi connectivity index (χ1) is 8.85. The van der Waals surface area contributed by atoms with Crippen molar-refractivity contribution in [3.8, 4) is 0 Å². The molecule has 1 amide bonds. The van der Waals surface area contributed by atoms with Crippen molar-refractivity contribution >= 4 is 5.91 Å². The van der Waals surface area contributed by atoms with Gasteiger partial charge in [-0.25, -0.2) is 0 Å². The number of fused-ring (bicyclic) bond motifs is 2. The number of alkyl halides is 3. The van der Waals surface area contributed by atoms with Crippen LogP contribution < -0.4 is 10.6 Å². The molecule has 2 bridgehead atoms. The van der Waals surface area contributed by atoms with Crippen LogP contribution in [0.1, 0.15) is 32.6 Å². The number of hydrogen-bond acceptors (Lipinski definition) is 2. The van der Waals surface area contributed by atoms with Crippen LogP contribution in [0, 0.1) is 17.8 Å². The molecule has 0 aromatic carbocycles. The molecule has 0 spiro atoms. The molecule has 2 aliphatic carbocycles. The fourth-order valence-electron chi connectivity index (χ4n) is 3.57. The minimum atomic E-state index is -4.34. The molecule has 0 radical (unpaired) electrons. The summed E-state index contributed by atoms with van der Waals surface area (Å²) in [5, 5.41) is 4.94. The number of carbonyl (C=O) groups excluding carboxylic acids is 1. The third-order valence-corrected chi connectivity index (χ3v) is 4.51. The van der Waals surface area contributed by atoms with Crippen molar-refractivity contribution in [3.63, 3.8) is 0 Å². The summed E-state index contributed by atoms with van der Waals surface area (Å²) in [6, 6.07) is 0.201. The maximum Gasteiger partial charge on any atom is 0.405 e. The molecule has 2 N–H and O–H groups in total. The van der Waals surface area contributed by atoms with E-state index in [4.69, 9.17) is 0 Å². The van der Waals surface area contributed by atoms with Crippen LogP contribution in [0.3, 0.4) is 0 Å². The Hall–Kier alpha value is -0.780. The Morgan fingerprint density at radius 3 is 2.58 bits per heavy atom. The summed E-state index contributed by atoms with van der Waals surface area (Å²) in [7, 11) is 0. The number of amides is 1. The molecule has 0 saturated heterocycles. The molecule has 4 atom stereocenters. The van der Waals surface area contributed by atoms with E-state index in [1.54, 1.807) is 0 Å². The van der Waals surface area contributed by atoms with Gasteiger partial charge >= 0.3 is 6.18 Å². The van der Waals surface area contributed by atoms with Crippen LogP contribution in [0.2, 0.25) is 0 Å². The number of rotatable bonds is 5. The Labute approximate surface area is 111 Å². The Balaban J connectivity index is 1.66. The van der Waals surface area contributed by atoms with Crippen molar-refractivity contribution in [2.45, 2.75) is 44.8 Å². The maximum atomic E-state index is 11.9. The molecule has 4 unspecified atom stereocenters. The maximum absolute atomic E-state index is 11.9. The van der Waals surface area contributed by atoms with Crippen LogP contribution in [0.4, 0.5) is 13.2 Å². The molecular formula is C13H21F3N2O. The molecule has 2 rings (SSSR count). The molecule has 110 valence electrons. The third kappa shape index (κ3) is 4.09. The predicted octanol–water partition coefficient (Wildman–Crippen LogP) is 2.08. The molecule has 0 aromatic rings. The number of halogens is 3. The first-order valence-corrected chi connectivity index (χ1v) is 6.92. The summed E-state index contributed by atoms with van der Waals surface area (Å²) in [5.74, 6) is 1.56. The van der Waals surface area contributed by atoms with Gasteiger partial charge in [-0.1, -0.05) is 6.42 Å². The van der Waals surface area contributed by atoms with E-state index in [2.05, 4.69) is 5.32 Å². The van der Waals surface area contributed by atoms with E-state index in [9.17, 15) is 18.0 Å². The van der Waals surface area contributed by atoms with E-state index in [0.29, 0.717) is 5.92 Å². The van der Waals surface area contributed by atoms with Gasteiger partial charge in [-0.2, -0.15) is 13.2 Å². The van der Waals surface area contributed by atoms with E-state index in [-0.39, 0.29) is 12.6 Å². The number of hydrogen-bond donors (Lipinski definition) is 2. The van der Waals surface area contributed by atoms with Crippen LogP contribution in [0.5, 0.6) is 0 Å². The molecule has 2 fully saturated rings. The Bertz CT molecular complexity index is 332. The fraction of sp³-hybridized carbons (Fsp3) is 0.923. The number of carbonyl (C=O) groups is 1. The predicted molar refractivity (Wildman–Crippen MR) is 65.5 cm³/mol. The van der Waals surface area contributed by atoms with Crippen LogP contribution >= 0.6 is 0 Å². The normalized spacial score (nSPS) is 31.5. The first-order valence-electron chi connectivity index (χ1n) is 6.92. The van der Waals surface area contributed by atoms with Gasteiger partial charge in [0.15, 0.2) is 0 Å². The molecule has 0 aliphatic heterocycles. The molecule has 0 aromatic heterocycles. The monoisotopic (exact) mass is 278 g/mol. The summed E-state index contributed by atoms with van der Waals surface area (Å²) in [4.78, 5) is 11.3. The highest BCUT2D eigenvalue weighted by Crippen LogP contribution is 2.49. The third-order valence-electron chi connectivity index (χ3n) is 4.51. The lowest BCUT2D eigenvalue weighted by Crippen LogP contribution is -2.44. The minimum absolute atomic E-state index is 0.0366. The molecular weight excluding hydrogens is 257 g/mol.